The zero-order valence-electron chi connectivity index (χ0n) is 16.7. The quantitative estimate of drug-likeness (QED) is 0.322. The second-order valence-electron chi connectivity index (χ2n) is 6.52. The summed E-state index contributed by atoms with van der Waals surface area (Å²) in [6.07, 6.45) is 2.43. The van der Waals surface area contributed by atoms with Crippen molar-refractivity contribution in [1.29, 1.82) is 0 Å². The second kappa shape index (κ2) is 11.3. The molecule has 2 aromatic rings. The van der Waals surface area contributed by atoms with Crippen molar-refractivity contribution in [3.8, 4) is 0 Å². The Morgan fingerprint density at radius 3 is 2.52 bits per heavy atom. The molecule has 0 aliphatic carbocycles. The maximum Gasteiger partial charge on any atom is 0.220 e. The summed E-state index contributed by atoms with van der Waals surface area (Å²) in [5.74, 6) is 0.706. The third-order valence-corrected chi connectivity index (χ3v) is 7.57. The van der Waals surface area contributed by atoms with E-state index >= 15 is 0 Å². The molecular formula is C18H28IN5O3S2. The number of guanidine groups is 1. The highest BCUT2D eigenvalue weighted by atomic mass is 127. The van der Waals surface area contributed by atoms with E-state index < -0.39 is 10.0 Å². The van der Waals surface area contributed by atoms with E-state index in [1.807, 2.05) is 6.92 Å². The first kappa shape index (κ1) is 24.1. The van der Waals surface area contributed by atoms with Crippen LogP contribution in [0.25, 0.3) is 0 Å². The van der Waals surface area contributed by atoms with Crippen LogP contribution >= 0.6 is 35.3 Å². The molecule has 2 aromatic heterocycles. The van der Waals surface area contributed by atoms with Gasteiger partial charge in [-0.3, -0.25) is 0 Å². The van der Waals surface area contributed by atoms with E-state index in [2.05, 4.69) is 34.4 Å². The van der Waals surface area contributed by atoms with E-state index in [-0.39, 0.29) is 29.7 Å². The minimum Gasteiger partial charge on any atom is -0.364 e. The summed E-state index contributed by atoms with van der Waals surface area (Å²) in [7, 11) is -3.40. The Labute approximate surface area is 193 Å². The van der Waals surface area contributed by atoms with Crippen LogP contribution in [0.4, 0.5) is 0 Å². The summed E-state index contributed by atoms with van der Waals surface area (Å²) < 4.78 is 31.4. The average Bonchev–Trinajstić information content (AvgIpc) is 3.36. The molecule has 0 spiro atoms. The maximum absolute atomic E-state index is 12.6. The van der Waals surface area contributed by atoms with Gasteiger partial charge in [-0.05, 0) is 25.5 Å². The number of nitrogens with zero attached hydrogens (tertiary/aromatic N) is 4. The highest BCUT2D eigenvalue weighted by Crippen LogP contribution is 2.18. The predicted octanol–water partition coefficient (Wildman–Crippen LogP) is 2.53. The molecule has 0 radical (unpaired) electrons. The molecule has 0 atom stereocenters. The Kier molecular flexibility index (Phi) is 9.37. The van der Waals surface area contributed by atoms with Gasteiger partial charge in [-0.15, -0.1) is 35.3 Å². The number of sulfonamides is 1. The van der Waals surface area contributed by atoms with Gasteiger partial charge in [0.1, 0.15) is 12.0 Å². The number of hydrogen-bond donors (Lipinski definition) is 1. The van der Waals surface area contributed by atoms with Crippen molar-refractivity contribution in [3.63, 3.8) is 0 Å². The van der Waals surface area contributed by atoms with Crippen LogP contribution in [0.15, 0.2) is 34.0 Å². The minimum absolute atomic E-state index is 0. The molecule has 0 aromatic carbocycles. The van der Waals surface area contributed by atoms with Crippen LogP contribution in [0.2, 0.25) is 0 Å². The Morgan fingerprint density at radius 2 is 1.93 bits per heavy atom. The molecule has 162 valence electrons. The Hall–Kier alpha value is -1.18. The van der Waals surface area contributed by atoms with E-state index in [1.165, 1.54) is 20.3 Å². The van der Waals surface area contributed by atoms with Gasteiger partial charge < -0.3 is 14.7 Å². The monoisotopic (exact) mass is 553 g/mol. The van der Waals surface area contributed by atoms with E-state index in [1.54, 1.807) is 17.4 Å². The van der Waals surface area contributed by atoms with Gasteiger partial charge in [-0.25, -0.2) is 13.4 Å². The molecule has 1 saturated heterocycles. The van der Waals surface area contributed by atoms with Crippen LogP contribution in [-0.2, 0) is 28.7 Å². The minimum atomic E-state index is -3.40. The zero-order valence-corrected chi connectivity index (χ0v) is 20.7. The molecule has 0 amide bonds. The molecule has 1 N–H and O–H groups in total. The van der Waals surface area contributed by atoms with Crippen LogP contribution in [0.1, 0.15) is 29.3 Å². The second-order valence-corrected chi connectivity index (χ2v) is 9.75. The molecule has 1 aliphatic heterocycles. The van der Waals surface area contributed by atoms with Crippen molar-refractivity contribution in [2.45, 2.75) is 32.6 Å². The normalized spacial score (nSPS) is 15.9. The first-order valence-corrected chi connectivity index (χ1v) is 11.9. The van der Waals surface area contributed by atoms with Gasteiger partial charge in [0, 0.05) is 48.5 Å². The third kappa shape index (κ3) is 6.66. The van der Waals surface area contributed by atoms with Crippen LogP contribution in [0, 0.1) is 0 Å². The fourth-order valence-electron chi connectivity index (χ4n) is 3.04. The zero-order chi connectivity index (χ0) is 20.0. The number of hydrogen-bond acceptors (Lipinski definition) is 6. The lowest BCUT2D eigenvalue weighted by molar-refractivity contribution is 0.259. The first-order valence-electron chi connectivity index (χ1n) is 9.49. The number of thiophene rings is 1. The van der Waals surface area contributed by atoms with Gasteiger partial charge >= 0.3 is 0 Å². The average molecular weight is 553 g/mol. The van der Waals surface area contributed by atoms with Crippen molar-refractivity contribution in [1.82, 2.24) is 19.7 Å². The number of aryl methyl sites for hydroxylation is 1. The lowest BCUT2D eigenvalue weighted by atomic mass is 10.3. The van der Waals surface area contributed by atoms with Gasteiger partial charge in [0.25, 0.3) is 0 Å². The molecule has 0 bridgehead atoms. The van der Waals surface area contributed by atoms with E-state index in [0.717, 1.165) is 18.9 Å². The summed E-state index contributed by atoms with van der Waals surface area (Å²) in [6.45, 7) is 7.68. The molecule has 3 rings (SSSR count). The Balaban J connectivity index is 0.00000300. The molecule has 29 heavy (non-hydrogen) atoms. The SMILES string of the molecule is CCNC(=NCc1ccc(CC)s1)N1CCN(S(=O)(=O)Cc2ccon2)CC1.I. The molecule has 11 heteroatoms. The molecule has 1 fully saturated rings. The van der Waals surface area contributed by atoms with Crippen molar-refractivity contribution < 1.29 is 12.9 Å². The molecule has 1 aliphatic rings. The summed E-state index contributed by atoms with van der Waals surface area (Å²) >= 11 is 1.79. The van der Waals surface area contributed by atoms with Crippen LogP contribution in [0.3, 0.4) is 0 Å². The number of halogens is 1. The summed E-state index contributed by atoms with van der Waals surface area (Å²) in [4.78, 5) is 9.48. The molecule has 3 heterocycles. The number of rotatable bonds is 7. The Bertz CT molecular complexity index is 875. The lowest BCUT2D eigenvalue weighted by Crippen LogP contribution is -2.53. The number of aliphatic imine (C=N–C) groups is 1. The van der Waals surface area contributed by atoms with Gasteiger partial charge in [-0.1, -0.05) is 12.1 Å². The summed E-state index contributed by atoms with van der Waals surface area (Å²) in [6, 6.07) is 5.87. The first-order chi connectivity index (χ1) is 13.5. The largest absolute Gasteiger partial charge is 0.364 e. The van der Waals surface area contributed by atoms with E-state index in [0.29, 0.717) is 38.4 Å². The van der Waals surface area contributed by atoms with Crippen molar-refractivity contribution in [2.75, 3.05) is 32.7 Å². The number of nitrogens with one attached hydrogen (secondary N) is 1. The van der Waals surface area contributed by atoms with Crippen molar-refractivity contribution >= 4 is 51.3 Å². The fourth-order valence-corrected chi connectivity index (χ4v) is 5.35. The predicted molar refractivity (Wildman–Crippen MR) is 126 cm³/mol. The fraction of sp³-hybridized carbons (Fsp3) is 0.556. The summed E-state index contributed by atoms with van der Waals surface area (Å²) in [5, 5.41) is 7.03. The lowest BCUT2D eigenvalue weighted by Gasteiger charge is -2.35. The maximum atomic E-state index is 12.6. The van der Waals surface area contributed by atoms with Crippen LogP contribution < -0.4 is 5.32 Å². The number of aromatic nitrogens is 1. The van der Waals surface area contributed by atoms with Gasteiger partial charge in [0.2, 0.25) is 10.0 Å². The van der Waals surface area contributed by atoms with Gasteiger partial charge in [-0.2, -0.15) is 4.31 Å². The summed E-state index contributed by atoms with van der Waals surface area (Å²) in [5.41, 5.74) is 0.430. The molecular weight excluding hydrogens is 525 g/mol. The van der Waals surface area contributed by atoms with Gasteiger partial charge in [0.05, 0.1) is 12.2 Å². The highest BCUT2D eigenvalue weighted by Gasteiger charge is 2.29. The number of piperazine rings is 1. The smallest absolute Gasteiger partial charge is 0.220 e. The Morgan fingerprint density at radius 1 is 1.21 bits per heavy atom. The van der Waals surface area contributed by atoms with Crippen LogP contribution in [-0.4, -0.2) is 61.5 Å². The van der Waals surface area contributed by atoms with E-state index in [9.17, 15) is 8.42 Å². The topological polar surface area (TPSA) is 91.0 Å². The highest BCUT2D eigenvalue weighted by molar-refractivity contribution is 14.0. The molecule has 0 unspecified atom stereocenters. The molecule has 0 saturated carbocycles. The van der Waals surface area contributed by atoms with Gasteiger partial charge in [0.15, 0.2) is 5.96 Å². The van der Waals surface area contributed by atoms with Crippen LogP contribution in [0.5, 0.6) is 0 Å². The third-order valence-electron chi connectivity index (χ3n) is 4.54. The standard InChI is InChI=1S/C18H27N5O3S2.HI/c1-3-16-5-6-17(27-16)13-20-18(19-4-2)22-8-10-23(11-9-22)28(24,25)14-15-7-12-26-21-15;/h5-7,12H,3-4,8-11,13-14H2,1-2H3,(H,19,20);1H. The molecule has 8 nitrogen and oxygen atoms in total. The van der Waals surface area contributed by atoms with Crippen molar-refractivity contribution in [2.24, 2.45) is 4.99 Å². The van der Waals surface area contributed by atoms with Crippen molar-refractivity contribution in [3.05, 3.63) is 39.9 Å². The van der Waals surface area contributed by atoms with E-state index in [4.69, 9.17) is 9.52 Å².